The number of rotatable bonds is 4. The van der Waals surface area contributed by atoms with Crippen molar-refractivity contribution in [1.29, 1.82) is 0 Å². The van der Waals surface area contributed by atoms with Gasteiger partial charge in [-0.05, 0) is 25.2 Å². The summed E-state index contributed by atoms with van der Waals surface area (Å²) in [6.07, 6.45) is 3.39. The van der Waals surface area contributed by atoms with E-state index < -0.39 is 0 Å². The maximum Gasteiger partial charge on any atom is 0.226 e. The van der Waals surface area contributed by atoms with Gasteiger partial charge < -0.3 is 9.80 Å². The van der Waals surface area contributed by atoms with E-state index in [1.165, 1.54) is 0 Å². The van der Waals surface area contributed by atoms with Gasteiger partial charge >= 0.3 is 0 Å². The van der Waals surface area contributed by atoms with Crippen molar-refractivity contribution in [3.8, 4) is 0 Å². The van der Waals surface area contributed by atoms with E-state index in [0.717, 1.165) is 25.8 Å². The quantitative estimate of drug-likeness (QED) is 0.767. The van der Waals surface area contributed by atoms with Crippen molar-refractivity contribution < 1.29 is 9.59 Å². The van der Waals surface area contributed by atoms with Gasteiger partial charge in [-0.1, -0.05) is 13.8 Å². The molecule has 0 bridgehead atoms. The van der Waals surface area contributed by atoms with Crippen molar-refractivity contribution in [1.82, 2.24) is 9.80 Å². The average molecular weight is 254 g/mol. The molecule has 4 heteroatoms. The van der Waals surface area contributed by atoms with E-state index in [9.17, 15) is 9.59 Å². The van der Waals surface area contributed by atoms with Crippen LogP contribution in [0.5, 0.6) is 0 Å². The first kappa shape index (κ1) is 15.0. The molecule has 0 unspecified atom stereocenters. The highest BCUT2D eigenvalue weighted by atomic mass is 16.2. The molecule has 0 spiro atoms. The Morgan fingerprint density at radius 1 is 1.33 bits per heavy atom. The summed E-state index contributed by atoms with van der Waals surface area (Å²) < 4.78 is 0. The molecule has 0 aromatic rings. The van der Waals surface area contributed by atoms with Crippen LogP contribution in [-0.2, 0) is 9.59 Å². The zero-order chi connectivity index (χ0) is 13.7. The Kier molecular flexibility index (Phi) is 5.63. The van der Waals surface area contributed by atoms with E-state index in [1.807, 2.05) is 4.90 Å². The lowest BCUT2D eigenvalue weighted by atomic mass is 9.96. The molecule has 18 heavy (non-hydrogen) atoms. The van der Waals surface area contributed by atoms with Gasteiger partial charge in [-0.15, -0.1) is 0 Å². The van der Waals surface area contributed by atoms with Crippen molar-refractivity contribution in [2.75, 3.05) is 27.2 Å². The minimum Gasteiger partial charge on any atom is -0.349 e. The third-order valence-electron chi connectivity index (χ3n) is 3.50. The first-order chi connectivity index (χ1) is 8.41. The smallest absolute Gasteiger partial charge is 0.226 e. The summed E-state index contributed by atoms with van der Waals surface area (Å²) in [7, 11) is 3.56. The average Bonchev–Trinajstić information content (AvgIpc) is 2.34. The third kappa shape index (κ3) is 4.31. The van der Waals surface area contributed by atoms with Gasteiger partial charge in [-0.3, -0.25) is 9.59 Å². The summed E-state index contributed by atoms with van der Waals surface area (Å²) in [5.74, 6) is 0.908. The molecular weight excluding hydrogens is 228 g/mol. The highest BCUT2D eigenvalue weighted by Gasteiger charge is 2.28. The molecule has 1 rings (SSSR count). The van der Waals surface area contributed by atoms with Crippen molar-refractivity contribution in [3.05, 3.63) is 0 Å². The third-order valence-corrected chi connectivity index (χ3v) is 3.50. The second-order valence-corrected chi connectivity index (χ2v) is 5.84. The van der Waals surface area contributed by atoms with Gasteiger partial charge in [0.05, 0.1) is 5.92 Å². The second kappa shape index (κ2) is 6.76. The van der Waals surface area contributed by atoms with Gasteiger partial charge in [0, 0.05) is 33.6 Å². The number of likely N-dealkylation sites (tertiary alicyclic amines) is 1. The molecule has 0 aliphatic carbocycles. The maximum absolute atomic E-state index is 12.0. The number of hydrogen-bond donors (Lipinski definition) is 0. The molecule has 1 saturated heterocycles. The zero-order valence-corrected chi connectivity index (χ0v) is 12.1. The molecule has 1 fully saturated rings. The number of piperidine rings is 1. The van der Waals surface area contributed by atoms with E-state index in [4.69, 9.17) is 0 Å². The largest absolute Gasteiger partial charge is 0.349 e. The van der Waals surface area contributed by atoms with E-state index in [-0.39, 0.29) is 17.7 Å². The Hall–Kier alpha value is -1.06. The van der Waals surface area contributed by atoms with Crippen LogP contribution in [0.15, 0.2) is 0 Å². The van der Waals surface area contributed by atoms with Crippen molar-refractivity contribution in [2.24, 2.45) is 11.8 Å². The molecule has 2 amide bonds. The van der Waals surface area contributed by atoms with Crippen LogP contribution in [0, 0.1) is 11.8 Å². The first-order valence-electron chi connectivity index (χ1n) is 6.90. The van der Waals surface area contributed by atoms with Crippen LogP contribution in [0.1, 0.15) is 39.5 Å². The highest BCUT2D eigenvalue weighted by Crippen LogP contribution is 2.19. The van der Waals surface area contributed by atoms with Crippen LogP contribution in [0.4, 0.5) is 0 Å². The summed E-state index contributed by atoms with van der Waals surface area (Å²) in [6, 6.07) is 0. The molecule has 104 valence electrons. The lowest BCUT2D eigenvalue weighted by molar-refractivity contribution is -0.139. The lowest BCUT2D eigenvalue weighted by Crippen LogP contribution is -2.45. The minimum absolute atomic E-state index is 0.00301. The summed E-state index contributed by atoms with van der Waals surface area (Å²) in [5.41, 5.74) is 0. The van der Waals surface area contributed by atoms with Gasteiger partial charge in [-0.25, -0.2) is 0 Å². The van der Waals surface area contributed by atoms with E-state index in [0.29, 0.717) is 18.9 Å². The highest BCUT2D eigenvalue weighted by molar-refractivity contribution is 5.81. The van der Waals surface area contributed by atoms with E-state index in [1.54, 1.807) is 19.0 Å². The lowest BCUT2D eigenvalue weighted by Gasteiger charge is -2.33. The number of carbonyl (C=O) groups excluding carboxylic acids is 2. The summed E-state index contributed by atoms with van der Waals surface area (Å²) >= 11 is 0. The Morgan fingerprint density at radius 3 is 2.56 bits per heavy atom. The van der Waals surface area contributed by atoms with Crippen molar-refractivity contribution >= 4 is 11.8 Å². The number of carbonyl (C=O) groups is 2. The monoisotopic (exact) mass is 254 g/mol. The Balaban J connectivity index is 2.48. The second-order valence-electron chi connectivity index (χ2n) is 5.84. The van der Waals surface area contributed by atoms with Gasteiger partial charge in [0.2, 0.25) is 11.8 Å². The van der Waals surface area contributed by atoms with Crippen LogP contribution in [0.3, 0.4) is 0 Å². The molecule has 0 saturated carbocycles. The van der Waals surface area contributed by atoms with E-state index in [2.05, 4.69) is 13.8 Å². The predicted octanol–water partition coefficient (Wildman–Crippen LogP) is 1.75. The minimum atomic E-state index is -0.00301. The zero-order valence-electron chi connectivity index (χ0n) is 12.1. The van der Waals surface area contributed by atoms with Gasteiger partial charge in [0.1, 0.15) is 0 Å². The fourth-order valence-electron chi connectivity index (χ4n) is 2.34. The van der Waals surface area contributed by atoms with Gasteiger partial charge in [0.25, 0.3) is 0 Å². The van der Waals surface area contributed by atoms with Gasteiger partial charge in [0.15, 0.2) is 0 Å². The Morgan fingerprint density at radius 2 is 2.00 bits per heavy atom. The standard InChI is InChI=1S/C14H26N2O2/c1-11(2)7-8-13(17)16-9-5-6-12(10-16)14(18)15(3)4/h11-12H,5-10H2,1-4H3/t12-/m0/s1. The fraction of sp³-hybridized carbons (Fsp3) is 0.857. The topological polar surface area (TPSA) is 40.6 Å². The predicted molar refractivity (Wildman–Crippen MR) is 72.1 cm³/mol. The Bertz CT molecular complexity index is 300. The fourth-order valence-corrected chi connectivity index (χ4v) is 2.34. The van der Waals surface area contributed by atoms with Gasteiger partial charge in [-0.2, -0.15) is 0 Å². The summed E-state index contributed by atoms with van der Waals surface area (Å²) in [6.45, 7) is 5.67. The molecule has 1 heterocycles. The SMILES string of the molecule is CC(C)CCC(=O)N1CCC[C@H](C(=O)N(C)C)C1. The summed E-state index contributed by atoms with van der Waals surface area (Å²) in [5, 5.41) is 0. The maximum atomic E-state index is 12.0. The first-order valence-corrected chi connectivity index (χ1v) is 6.90. The molecule has 0 N–H and O–H groups in total. The molecule has 0 aromatic carbocycles. The molecule has 1 aliphatic heterocycles. The molecular formula is C14H26N2O2. The molecule has 4 nitrogen and oxygen atoms in total. The van der Waals surface area contributed by atoms with Crippen molar-refractivity contribution in [2.45, 2.75) is 39.5 Å². The number of nitrogens with zero attached hydrogens (tertiary/aromatic N) is 2. The normalized spacial score (nSPS) is 20.1. The number of hydrogen-bond acceptors (Lipinski definition) is 2. The van der Waals surface area contributed by atoms with Crippen LogP contribution in [-0.4, -0.2) is 48.8 Å². The Labute approximate surface area is 110 Å². The van der Waals surface area contributed by atoms with Crippen molar-refractivity contribution in [3.63, 3.8) is 0 Å². The van der Waals surface area contributed by atoms with E-state index >= 15 is 0 Å². The van der Waals surface area contributed by atoms with Crippen LogP contribution in [0.2, 0.25) is 0 Å². The van der Waals surface area contributed by atoms with Crippen LogP contribution in [0.25, 0.3) is 0 Å². The number of amides is 2. The molecule has 1 aliphatic rings. The molecule has 1 atom stereocenters. The van der Waals surface area contributed by atoms with Crippen LogP contribution >= 0.6 is 0 Å². The molecule has 0 aromatic heterocycles. The van der Waals surface area contributed by atoms with Crippen LogP contribution < -0.4 is 0 Å². The molecule has 0 radical (unpaired) electrons. The summed E-state index contributed by atoms with van der Waals surface area (Å²) in [4.78, 5) is 27.5.